The van der Waals surface area contributed by atoms with Crippen molar-refractivity contribution in [3.8, 4) is 0 Å². The molecule has 5 nitrogen and oxygen atoms in total. The number of nitrogens with one attached hydrogen (secondary N) is 1. The lowest BCUT2D eigenvalue weighted by atomic mass is 9.78. The summed E-state index contributed by atoms with van der Waals surface area (Å²) in [6.45, 7) is 8.59. The molecular weight excluding hydrogens is 368 g/mol. The first kappa shape index (κ1) is 19.2. The Morgan fingerprint density at radius 2 is 2.04 bits per heavy atom. The number of para-hydroxylation sites is 1. The highest BCUT2D eigenvalue weighted by atomic mass is 32.2. The smallest absolute Gasteiger partial charge is 0.233 e. The molecule has 0 bridgehead atoms. The fourth-order valence-corrected chi connectivity index (χ4v) is 5.13. The van der Waals surface area contributed by atoms with Gasteiger partial charge in [-0.05, 0) is 49.8 Å². The summed E-state index contributed by atoms with van der Waals surface area (Å²) in [6.07, 6.45) is 3.53. The normalized spacial score (nSPS) is 23.8. The molecule has 6 heteroatoms. The first-order valence-electron chi connectivity index (χ1n) is 10.2. The summed E-state index contributed by atoms with van der Waals surface area (Å²) in [5.41, 5.74) is 3.08. The highest BCUT2D eigenvalue weighted by Gasteiger charge is 2.30. The number of benzene rings is 1. The first-order chi connectivity index (χ1) is 13.5. The van der Waals surface area contributed by atoms with Gasteiger partial charge in [0.1, 0.15) is 0 Å². The van der Waals surface area contributed by atoms with Gasteiger partial charge in [0.15, 0.2) is 10.8 Å². The molecule has 28 heavy (non-hydrogen) atoms. The van der Waals surface area contributed by atoms with Gasteiger partial charge in [0.2, 0.25) is 5.91 Å². The number of aromatic nitrogens is 3. The molecular formula is C22H28N4OS. The predicted molar refractivity (Wildman–Crippen MR) is 115 cm³/mol. The average molecular weight is 397 g/mol. The van der Waals surface area contributed by atoms with Gasteiger partial charge < -0.3 is 5.32 Å². The Hall–Kier alpha value is -2.08. The van der Waals surface area contributed by atoms with Gasteiger partial charge in [-0.15, -0.1) is 10.2 Å². The summed E-state index contributed by atoms with van der Waals surface area (Å²) < 4.78 is 2.06. The Balaban J connectivity index is 1.56. The molecule has 1 N–H and O–H groups in total. The van der Waals surface area contributed by atoms with Gasteiger partial charge in [0.25, 0.3) is 0 Å². The molecule has 0 aliphatic heterocycles. The van der Waals surface area contributed by atoms with E-state index in [1.807, 2.05) is 19.1 Å². The number of carbonyl (C=O) groups is 1. The highest BCUT2D eigenvalue weighted by molar-refractivity contribution is 8.00. The number of thioether (sulfide) groups is 1. The largest absolute Gasteiger partial charge is 0.352 e. The monoisotopic (exact) mass is 396 g/mol. The number of fused-ring (bicyclic) bond motifs is 3. The van der Waals surface area contributed by atoms with Gasteiger partial charge in [0.05, 0.1) is 10.8 Å². The van der Waals surface area contributed by atoms with Crippen LogP contribution in [0.1, 0.15) is 45.6 Å². The number of rotatable bonds is 4. The summed E-state index contributed by atoms with van der Waals surface area (Å²) in [7, 11) is 0. The van der Waals surface area contributed by atoms with E-state index in [-0.39, 0.29) is 17.2 Å². The molecule has 1 aromatic carbocycles. The fraction of sp³-hybridized carbons (Fsp3) is 0.500. The molecule has 0 spiro atoms. The van der Waals surface area contributed by atoms with Crippen LogP contribution in [0.4, 0.5) is 0 Å². The maximum absolute atomic E-state index is 12.9. The van der Waals surface area contributed by atoms with Crippen LogP contribution in [0.15, 0.2) is 35.5 Å². The zero-order chi connectivity index (χ0) is 19.8. The fourth-order valence-electron chi connectivity index (χ4n) is 4.25. The van der Waals surface area contributed by atoms with Crippen molar-refractivity contribution in [2.45, 2.75) is 63.4 Å². The van der Waals surface area contributed by atoms with Crippen LogP contribution in [0.25, 0.3) is 16.6 Å². The lowest BCUT2D eigenvalue weighted by Crippen LogP contribution is -2.46. The van der Waals surface area contributed by atoms with E-state index in [1.165, 1.54) is 35.6 Å². The molecule has 1 aliphatic carbocycles. The summed E-state index contributed by atoms with van der Waals surface area (Å²) in [5.74, 6) is 1.27. The van der Waals surface area contributed by atoms with Crippen LogP contribution in [0, 0.1) is 18.8 Å². The average Bonchev–Trinajstić information content (AvgIpc) is 3.08. The topological polar surface area (TPSA) is 59.3 Å². The minimum atomic E-state index is -0.225. The molecule has 1 saturated carbocycles. The third-order valence-electron chi connectivity index (χ3n) is 6.26. The minimum absolute atomic E-state index is 0.0871. The predicted octanol–water partition coefficient (Wildman–Crippen LogP) is 4.61. The number of carbonyl (C=O) groups excluding carboxylic acids is 1. The Bertz CT molecular complexity index is 1010. The number of pyridine rings is 1. The number of aryl methyl sites for hydroxylation is 1. The van der Waals surface area contributed by atoms with Crippen molar-refractivity contribution in [3.05, 3.63) is 35.9 Å². The second-order valence-electron chi connectivity index (χ2n) is 8.16. The van der Waals surface area contributed by atoms with E-state index < -0.39 is 0 Å². The Morgan fingerprint density at radius 1 is 1.25 bits per heavy atom. The van der Waals surface area contributed by atoms with Crippen molar-refractivity contribution < 1.29 is 4.79 Å². The molecule has 2 heterocycles. The number of nitrogens with zero attached hydrogens (tertiary/aromatic N) is 3. The van der Waals surface area contributed by atoms with E-state index in [0.717, 1.165) is 22.7 Å². The summed E-state index contributed by atoms with van der Waals surface area (Å²) in [5, 5.41) is 13.7. The van der Waals surface area contributed by atoms with Crippen molar-refractivity contribution in [1.29, 1.82) is 0 Å². The van der Waals surface area contributed by atoms with Crippen molar-refractivity contribution in [1.82, 2.24) is 19.9 Å². The lowest BCUT2D eigenvalue weighted by molar-refractivity contribution is -0.121. The summed E-state index contributed by atoms with van der Waals surface area (Å²) >= 11 is 1.48. The number of amides is 1. The molecule has 1 aliphatic rings. The van der Waals surface area contributed by atoms with E-state index in [0.29, 0.717) is 11.8 Å². The minimum Gasteiger partial charge on any atom is -0.352 e. The molecule has 4 atom stereocenters. The highest BCUT2D eigenvalue weighted by Crippen LogP contribution is 2.31. The first-order valence-corrected chi connectivity index (χ1v) is 11.0. The van der Waals surface area contributed by atoms with Gasteiger partial charge in [-0.2, -0.15) is 0 Å². The van der Waals surface area contributed by atoms with Crippen LogP contribution in [-0.4, -0.2) is 31.8 Å². The van der Waals surface area contributed by atoms with E-state index >= 15 is 0 Å². The van der Waals surface area contributed by atoms with E-state index in [2.05, 4.69) is 58.9 Å². The quantitative estimate of drug-likeness (QED) is 0.654. The Kier molecular flexibility index (Phi) is 5.32. The number of hydrogen-bond donors (Lipinski definition) is 1. The molecule has 1 amide bonds. The second kappa shape index (κ2) is 7.74. The van der Waals surface area contributed by atoms with E-state index in [1.54, 1.807) is 0 Å². The van der Waals surface area contributed by atoms with Gasteiger partial charge in [-0.3, -0.25) is 9.20 Å². The van der Waals surface area contributed by atoms with E-state index in [9.17, 15) is 4.79 Å². The van der Waals surface area contributed by atoms with Gasteiger partial charge in [-0.25, -0.2) is 0 Å². The molecule has 0 radical (unpaired) electrons. The SMILES string of the molecule is Cc1cc2nnc(SC(C)C(=O)NC3CCCC(C)C3C)n2c2ccccc12. The van der Waals surface area contributed by atoms with Crippen LogP contribution in [0.2, 0.25) is 0 Å². The molecule has 3 aromatic rings. The molecule has 4 unspecified atom stereocenters. The number of hydrogen-bond acceptors (Lipinski definition) is 4. The Morgan fingerprint density at radius 3 is 2.86 bits per heavy atom. The molecule has 148 valence electrons. The summed E-state index contributed by atoms with van der Waals surface area (Å²) in [6, 6.07) is 10.6. The molecule has 0 saturated heterocycles. The van der Waals surface area contributed by atoms with Crippen LogP contribution < -0.4 is 5.32 Å². The molecule has 4 rings (SSSR count). The maximum Gasteiger partial charge on any atom is 0.233 e. The summed E-state index contributed by atoms with van der Waals surface area (Å²) in [4.78, 5) is 12.9. The maximum atomic E-state index is 12.9. The third-order valence-corrected chi connectivity index (χ3v) is 7.30. The van der Waals surface area contributed by atoms with E-state index in [4.69, 9.17) is 0 Å². The van der Waals surface area contributed by atoms with Gasteiger partial charge >= 0.3 is 0 Å². The van der Waals surface area contributed by atoms with Crippen LogP contribution in [0.5, 0.6) is 0 Å². The van der Waals surface area contributed by atoms with Crippen molar-refractivity contribution in [2.24, 2.45) is 11.8 Å². The van der Waals surface area contributed by atoms with Crippen LogP contribution >= 0.6 is 11.8 Å². The van der Waals surface area contributed by atoms with Gasteiger partial charge in [0, 0.05) is 11.4 Å². The standard InChI is InChI=1S/C22H28N4OS/c1-13-8-7-10-18(15(13)3)23-21(27)16(4)28-22-25-24-20-12-14(2)17-9-5-6-11-19(17)26(20)22/h5-6,9,11-13,15-16,18H,7-8,10H2,1-4H3,(H,23,27). The zero-order valence-corrected chi connectivity index (χ0v) is 17.8. The molecule has 1 fully saturated rings. The van der Waals surface area contributed by atoms with Crippen LogP contribution in [0.3, 0.4) is 0 Å². The van der Waals surface area contributed by atoms with Crippen molar-refractivity contribution in [3.63, 3.8) is 0 Å². The van der Waals surface area contributed by atoms with Crippen molar-refractivity contribution >= 4 is 34.2 Å². The second-order valence-corrected chi connectivity index (χ2v) is 9.47. The van der Waals surface area contributed by atoms with Crippen LogP contribution in [-0.2, 0) is 4.79 Å². The van der Waals surface area contributed by atoms with Crippen molar-refractivity contribution in [2.75, 3.05) is 0 Å². The van der Waals surface area contributed by atoms with Gasteiger partial charge in [-0.1, -0.05) is 56.7 Å². The zero-order valence-electron chi connectivity index (χ0n) is 17.0. The lowest BCUT2D eigenvalue weighted by Gasteiger charge is -2.35. The Labute approximate surface area is 170 Å². The third kappa shape index (κ3) is 3.50. The molecule has 2 aromatic heterocycles.